The number of phosphoric acid groups is 2. The van der Waals surface area contributed by atoms with Crippen molar-refractivity contribution in [3.63, 3.8) is 0 Å². The van der Waals surface area contributed by atoms with Crippen molar-refractivity contribution in [1.29, 1.82) is 0 Å². The number of hydrogen-bond donors (Lipinski definition) is 3. The normalized spacial score (nSPS) is 14.5. The van der Waals surface area contributed by atoms with Gasteiger partial charge in [-0.25, -0.2) is 9.13 Å². The van der Waals surface area contributed by atoms with Crippen molar-refractivity contribution in [2.75, 3.05) is 39.6 Å². The van der Waals surface area contributed by atoms with Gasteiger partial charge in [0.15, 0.2) is 12.2 Å². The van der Waals surface area contributed by atoms with Crippen LogP contribution in [0.5, 0.6) is 0 Å². The molecular formula is C83H142O17P2. The molecule has 0 aliphatic carbocycles. The molecule has 0 aromatic heterocycles. The van der Waals surface area contributed by atoms with E-state index in [2.05, 4.69) is 137 Å². The third-order valence-corrected chi connectivity index (χ3v) is 18.3. The Morgan fingerprint density at radius 3 is 0.833 bits per heavy atom. The summed E-state index contributed by atoms with van der Waals surface area (Å²) in [4.78, 5) is 73.0. The Morgan fingerprint density at radius 2 is 0.520 bits per heavy atom. The topological polar surface area (TPSA) is 237 Å². The summed E-state index contributed by atoms with van der Waals surface area (Å²) in [5.41, 5.74) is 0. The van der Waals surface area contributed by atoms with E-state index in [-0.39, 0.29) is 25.7 Å². The van der Waals surface area contributed by atoms with E-state index in [1.807, 2.05) is 12.2 Å². The molecule has 0 saturated heterocycles. The highest BCUT2D eigenvalue weighted by Gasteiger charge is 2.30. The zero-order valence-electron chi connectivity index (χ0n) is 64.0. The standard InChI is InChI=1S/C83H142O17P2/c1-5-9-13-17-21-25-29-33-36-38-41-45-48-52-56-60-64-68-81(86)94-74-79(100-83(88)70-66-62-58-54-50-46-42-39-37-34-30-26-22-18-14-10-6-2)76-98-102(91,92)96-72-77(84)71-95-101(89,90)97-75-78(99-82(87)69-65-61-57-53-49-43-32-28-24-20-16-12-8-4)73-93-80(85)67-63-59-55-51-47-44-40-35-31-27-23-19-15-11-7-3/h9-10,13-14,21-22,25-26,33-37,40-42,45-46,52,56,77-79,84H,5-8,11-12,15-20,23-24,27-32,38-39,43-44,47-51,53-55,57-76H2,1-4H3,(H,89,90)(H,91,92)/b13-9-,14-10-,25-21-,26-22-,36-33-,37-34-,40-35-,45-41-,46-42-,56-52-. The van der Waals surface area contributed by atoms with Crippen LogP contribution in [0.2, 0.25) is 0 Å². The van der Waals surface area contributed by atoms with Gasteiger partial charge in [-0.05, 0) is 128 Å². The van der Waals surface area contributed by atoms with Gasteiger partial charge >= 0.3 is 39.5 Å². The van der Waals surface area contributed by atoms with Gasteiger partial charge in [-0.2, -0.15) is 0 Å². The van der Waals surface area contributed by atoms with Gasteiger partial charge in [-0.1, -0.05) is 290 Å². The first-order valence-corrected chi connectivity index (χ1v) is 42.8. The Labute approximate surface area is 619 Å². The maximum absolute atomic E-state index is 13.1. The predicted molar refractivity (Wildman–Crippen MR) is 418 cm³/mol. The molecule has 0 aliphatic rings. The molecule has 0 rings (SSSR count). The van der Waals surface area contributed by atoms with Crippen LogP contribution in [-0.2, 0) is 65.4 Å². The minimum atomic E-state index is -5.00. The first-order valence-electron chi connectivity index (χ1n) is 39.8. The van der Waals surface area contributed by atoms with Gasteiger partial charge in [0, 0.05) is 25.7 Å². The monoisotopic (exact) mass is 1470 g/mol. The maximum Gasteiger partial charge on any atom is 0.472 e. The van der Waals surface area contributed by atoms with Crippen LogP contribution in [0.1, 0.15) is 323 Å². The lowest BCUT2D eigenvalue weighted by atomic mass is 10.0. The summed E-state index contributed by atoms with van der Waals surface area (Å²) in [5, 5.41) is 10.6. The van der Waals surface area contributed by atoms with Crippen LogP contribution >= 0.6 is 15.6 Å². The van der Waals surface area contributed by atoms with E-state index < -0.39 is 97.5 Å². The van der Waals surface area contributed by atoms with E-state index in [4.69, 9.17) is 37.0 Å². The number of allylic oxidation sites excluding steroid dienone is 20. The van der Waals surface area contributed by atoms with E-state index >= 15 is 0 Å². The van der Waals surface area contributed by atoms with Crippen LogP contribution in [0.15, 0.2) is 122 Å². The van der Waals surface area contributed by atoms with Crippen LogP contribution in [0.25, 0.3) is 0 Å². The number of rotatable bonds is 74. The molecular weight excluding hydrogens is 1330 g/mol. The zero-order valence-corrected chi connectivity index (χ0v) is 65.8. The summed E-state index contributed by atoms with van der Waals surface area (Å²) in [5.74, 6) is -2.27. The molecule has 0 aromatic carbocycles. The Kier molecular flexibility index (Phi) is 71.4. The van der Waals surface area contributed by atoms with E-state index in [9.17, 15) is 43.2 Å². The third kappa shape index (κ3) is 73.8. The number of hydrogen-bond acceptors (Lipinski definition) is 15. The summed E-state index contributed by atoms with van der Waals surface area (Å²) in [7, 11) is -9.98. The Hall–Kier alpha value is -4.54. The van der Waals surface area contributed by atoms with Crippen molar-refractivity contribution in [1.82, 2.24) is 0 Å². The SMILES string of the molecule is CC/C=C\C/C=C\C/C=C\C/C=C\C/C=C\CCCC(=O)OCC(COP(=O)(O)OCC(O)COP(=O)(O)OCC(COC(=O)CCCCCCC/C=C\CCCCCCCC)OC(=O)CCCCCCCCCCCCCCC)OC(=O)CCCCCC/C=C\C/C=C\C/C=C\C/C=C\CC. The molecule has 586 valence electrons. The average molecular weight is 1470 g/mol. The van der Waals surface area contributed by atoms with Crippen molar-refractivity contribution in [2.24, 2.45) is 0 Å². The van der Waals surface area contributed by atoms with Crippen molar-refractivity contribution >= 4 is 39.5 Å². The van der Waals surface area contributed by atoms with Crippen LogP contribution < -0.4 is 0 Å². The van der Waals surface area contributed by atoms with E-state index in [0.717, 1.165) is 148 Å². The molecule has 5 atom stereocenters. The van der Waals surface area contributed by atoms with Gasteiger partial charge < -0.3 is 33.8 Å². The van der Waals surface area contributed by atoms with Gasteiger partial charge in [-0.15, -0.1) is 0 Å². The molecule has 0 spiro atoms. The lowest BCUT2D eigenvalue weighted by Crippen LogP contribution is -2.30. The quantitative estimate of drug-likeness (QED) is 0.0169. The van der Waals surface area contributed by atoms with Gasteiger partial charge in [-0.3, -0.25) is 37.3 Å². The van der Waals surface area contributed by atoms with Crippen molar-refractivity contribution < 1.29 is 80.2 Å². The minimum Gasteiger partial charge on any atom is -0.462 e. The van der Waals surface area contributed by atoms with Gasteiger partial charge in [0.05, 0.1) is 26.4 Å². The predicted octanol–water partition coefficient (Wildman–Crippen LogP) is 23.1. The maximum atomic E-state index is 13.1. The number of aliphatic hydroxyl groups is 1. The molecule has 0 bridgehead atoms. The Bertz CT molecular complexity index is 2410. The molecule has 102 heavy (non-hydrogen) atoms. The molecule has 0 amide bonds. The second-order valence-electron chi connectivity index (χ2n) is 26.2. The van der Waals surface area contributed by atoms with Crippen LogP contribution in [-0.4, -0.2) is 96.7 Å². The molecule has 0 radical (unpaired) electrons. The highest BCUT2D eigenvalue weighted by atomic mass is 31.2. The molecule has 0 fully saturated rings. The third-order valence-electron chi connectivity index (χ3n) is 16.4. The molecule has 0 aromatic rings. The van der Waals surface area contributed by atoms with Crippen LogP contribution in [0, 0.1) is 0 Å². The zero-order chi connectivity index (χ0) is 74.6. The smallest absolute Gasteiger partial charge is 0.462 e. The minimum absolute atomic E-state index is 0.0522. The van der Waals surface area contributed by atoms with E-state index in [0.29, 0.717) is 32.1 Å². The highest BCUT2D eigenvalue weighted by Crippen LogP contribution is 2.45. The summed E-state index contributed by atoms with van der Waals surface area (Å²) in [6.07, 6.45) is 81.8. The summed E-state index contributed by atoms with van der Waals surface area (Å²) in [6, 6.07) is 0. The first kappa shape index (κ1) is 97.5. The number of aliphatic hydroxyl groups excluding tert-OH is 1. The molecule has 5 unspecified atom stereocenters. The van der Waals surface area contributed by atoms with Crippen molar-refractivity contribution in [3.8, 4) is 0 Å². The molecule has 3 N–H and O–H groups in total. The molecule has 0 aliphatic heterocycles. The molecule has 19 heteroatoms. The van der Waals surface area contributed by atoms with Gasteiger partial charge in [0.1, 0.15) is 19.3 Å². The highest BCUT2D eigenvalue weighted by molar-refractivity contribution is 7.47. The fraction of sp³-hybridized carbons (Fsp3) is 0.711. The van der Waals surface area contributed by atoms with Crippen molar-refractivity contribution in [2.45, 2.75) is 341 Å². The largest absolute Gasteiger partial charge is 0.472 e. The lowest BCUT2D eigenvalue weighted by Gasteiger charge is -2.21. The fourth-order valence-electron chi connectivity index (χ4n) is 10.4. The Morgan fingerprint density at radius 1 is 0.284 bits per heavy atom. The van der Waals surface area contributed by atoms with Crippen LogP contribution in [0.3, 0.4) is 0 Å². The summed E-state index contributed by atoms with van der Waals surface area (Å²) < 4.78 is 68.5. The lowest BCUT2D eigenvalue weighted by molar-refractivity contribution is -0.161. The second kappa shape index (κ2) is 74.7. The average Bonchev–Trinajstić information content (AvgIpc) is 0.959. The van der Waals surface area contributed by atoms with Crippen LogP contribution in [0.4, 0.5) is 0 Å². The van der Waals surface area contributed by atoms with Crippen molar-refractivity contribution in [3.05, 3.63) is 122 Å². The van der Waals surface area contributed by atoms with Gasteiger partial charge in [0.25, 0.3) is 0 Å². The van der Waals surface area contributed by atoms with E-state index in [1.165, 1.54) is 89.9 Å². The Balaban J connectivity index is 5.43. The number of esters is 4. The summed E-state index contributed by atoms with van der Waals surface area (Å²) >= 11 is 0. The first-order chi connectivity index (χ1) is 49.7. The number of unbranched alkanes of at least 4 members (excludes halogenated alkanes) is 28. The number of carbonyl (C=O) groups excluding carboxylic acids is 4. The number of phosphoric ester groups is 2. The molecule has 0 saturated carbocycles. The fourth-order valence-corrected chi connectivity index (χ4v) is 12.0. The summed E-state index contributed by atoms with van der Waals surface area (Å²) in [6.45, 7) is 4.56. The second-order valence-corrected chi connectivity index (χ2v) is 29.2. The van der Waals surface area contributed by atoms with E-state index in [1.54, 1.807) is 0 Å². The van der Waals surface area contributed by atoms with Gasteiger partial charge in [0.2, 0.25) is 0 Å². The number of carbonyl (C=O) groups is 4. The molecule has 17 nitrogen and oxygen atoms in total. The molecule has 0 heterocycles. The number of ether oxygens (including phenoxy) is 4.